The van der Waals surface area contributed by atoms with E-state index in [0.717, 1.165) is 32.3 Å². The zero-order valence-corrected chi connectivity index (χ0v) is 18.1. The Bertz CT molecular complexity index is 1270. The number of pyridine rings is 1. The summed E-state index contributed by atoms with van der Waals surface area (Å²) in [5.41, 5.74) is 4.83. The van der Waals surface area contributed by atoms with Crippen LogP contribution in [0.3, 0.4) is 0 Å². The van der Waals surface area contributed by atoms with Gasteiger partial charge in [-0.1, -0.05) is 88.7 Å². The van der Waals surface area contributed by atoms with Crippen molar-refractivity contribution in [2.75, 3.05) is 0 Å². The molecule has 0 saturated heterocycles. The number of aromatic nitrogens is 4. The van der Waals surface area contributed by atoms with Crippen molar-refractivity contribution < 1.29 is 0 Å². The number of nitrogens with zero attached hydrogens (tertiary/aromatic N) is 4. The molecule has 5 heteroatoms. The number of hydrogen-bond donors (Lipinski definition) is 0. The predicted octanol–water partition coefficient (Wildman–Crippen LogP) is 6.70. The summed E-state index contributed by atoms with van der Waals surface area (Å²) in [6.45, 7) is 0. The van der Waals surface area contributed by atoms with E-state index in [1.807, 2.05) is 91.1 Å². The van der Waals surface area contributed by atoms with E-state index in [-0.39, 0.29) is 0 Å². The van der Waals surface area contributed by atoms with Crippen molar-refractivity contribution >= 4 is 15.9 Å². The second-order valence-electron chi connectivity index (χ2n) is 6.97. The van der Waals surface area contributed by atoms with Gasteiger partial charge in [-0.3, -0.25) is 4.98 Å². The molecule has 0 N–H and O–H groups in total. The minimum Gasteiger partial charge on any atom is -0.264 e. The third kappa shape index (κ3) is 4.13. The van der Waals surface area contributed by atoms with Crippen LogP contribution in [0.1, 0.15) is 0 Å². The van der Waals surface area contributed by atoms with Gasteiger partial charge >= 0.3 is 0 Å². The van der Waals surface area contributed by atoms with Gasteiger partial charge in [0.25, 0.3) is 0 Å². The minimum absolute atomic E-state index is 0.618. The van der Waals surface area contributed by atoms with Crippen LogP contribution in [0.15, 0.2) is 108 Å². The average molecular weight is 465 g/mol. The third-order valence-corrected chi connectivity index (χ3v) is 5.39. The molecule has 148 valence electrons. The quantitative estimate of drug-likeness (QED) is 0.297. The molecule has 0 radical (unpaired) electrons. The van der Waals surface area contributed by atoms with Crippen molar-refractivity contribution in [1.82, 2.24) is 19.9 Å². The van der Waals surface area contributed by atoms with Gasteiger partial charge in [0.05, 0.1) is 0 Å². The molecule has 0 spiro atoms. The summed E-state index contributed by atoms with van der Waals surface area (Å²) in [6, 6.07) is 30.1. The first-order valence-electron chi connectivity index (χ1n) is 9.85. The highest BCUT2D eigenvalue weighted by atomic mass is 79.9. The first kappa shape index (κ1) is 19.3. The molecule has 0 aliphatic rings. The van der Waals surface area contributed by atoms with Gasteiger partial charge in [0.2, 0.25) is 0 Å². The lowest BCUT2D eigenvalue weighted by Gasteiger charge is -2.12. The molecule has 2 heterocycles. The Hall–Kier alpha value is -3.70. The minimum atomic E-state index is 0.618. The van der Waals surface area contributed by atoms with E-state index in [0.29, 0.717) is 17.5 Å². The molecular weight excluding hydrogens is 448 g/mol. The molecule has 0 bridgehead atoms. The smallest absolute Gasteiger partial charge is 0.164 e. The van der Waals surface area contributed by atoms with Crippen LogP contribution in [-0.2, 0) is 0 Å². The number of hydrogen-bond acceptors (Lipinski definition) is 4. The van der Waals surface area contributed by atoms with Crippen molar-refractivity contribution in [1.29, 1.82) is 0 Å². The van der Waals surface area contributed by atoms with Crippen LogP contribution in [0.25, 0.3) is 45.3 Å². The molecule has 0 fully saturated rings. The molecule has 0 amide bonds. The van der Waals surface area contributed by atoms with Gasteiger partial charge in [-0.2, -0.15) is 0 Å². The van der Waals surface area contributed by atoms with Crippen LogP contribution >= 0.6 is 15.9 Å². The van der Waals surface area contributed by atoms with Gasteiger partial charge in [-0.15, -0.1) is 0 Å². The first-order chi connectivity index (χ1) is 15.3. The molecule has 5 rings (SSSR count). The maximum Gasteiger partial charge on any atom is 0.164 e. The van der Waals surface area contributed by atoms with Crippen molar-refractivity contribution in [3.63, 3.8) is 0 Å². The molecule has 0 saturated carbocycles. The second-order valence-corrected chi connectivity index (χ2v) is 7.89. The van der Waals surface area contributed by atoms with Crippen LogP contribution in [0.4, 0.5) is 0 Å². The molecule has 2 aromatic heterocycles. The Kier molecular flexibility index (Phi) is 5.33. The zero-order valence-electron chi connectivity index (χ0n) is 16.5. The maximum atomic E-state index is 4.86. The maximum absolute atomic E-state index is 4.86. The zero-order chi connectivity index (χ0) is 21.0. The first-order valence-corrected chi connectivity index (χ1v) is 10.6. The summed E-state index contributed by atoms with van der Waals surface area (Å²) in [7, 11) is 0. The van der Waals surface area contributed by atoms with Crippen LogP contribution in [-0.4, -0.2) is 19.9 Å². The largest absolute Gasteiger partial charge is 0.264 e. The molecule has 4 nitrogen and oxygen atoms in total. The fourth-order valence-electron chi connectivity index (χ4n) is 3.40. The van der Waals surface area contributed by atoms with E-state index < -0.39 is 0 Å². The topological polar surface area (TPSA) is 51.6 Å². The van der Waals surface area contributed by atoms with Crippen LogP contribution in [0.5, 0.6) is 0 Å². The predicted molar refractivity (Wildman–Crippen MR) is 127 cm³/mol. The summed E-state index contributed by atoms with van der Waals surface area (Å²) in [6.07, 6.45) is 3.62. The second kappa shape index (κ2) is 8.58. The lowest BCUT2D eigenvalue weighted by atomic mass is 10.0. The Morgan fingerprint density at radius 3 is 1.68 bits per heavy atom. The van der Waals surface area contributed by atoms with E-state index in [1.54, 1.807) is 6.20 Å². The lowest BCUT2D eigenvalue weighted by molar-refractivity contribution is 1.07. The van der Waals surface area contributed by atoms with E-state index in [2.05, 4.69) is 27.0 Å². The average Bonchev–Trinajstić information content (AvgIpc) is 2.85. The summed E-state index contributed by atoms with van der Waals surface area (Å²) < 4.78 is 0.957. The Labute approximate surface area is 188 Å². The fourth-order valence-corrected chi connectivity index (χ4v) is 3.77. The molecule has 0 unspecified atom stereocenters. The third-order valence-electron chi connectivity index (χ3n) is 4.89. The standard InChI is InChI=1S/C26H17BrN4/c27-21-13-14-22(20-12-7-15-28-17-20)23(16-21)26-30-24(18-8-3-1-4-9-18)29-25(31-26)19-10-5-2-6-11-19/h1-17H. The normalized spacial score (nSPS) is 10.7. The van der Waals surface area contributed by atoms with E-state index >= 15 is 0 Å². The number of halogens is 1. The summed E-state index contributed by atoms with van der Waals surface area (Å²) in [4.78, 5) is 18.8. The highest BCUT2D eigenvalue weighted by Crippen LogP contribution is 2.34. The summed E-state index contributed by atoms with van der Waals surface area (Å²) in [5, 5.41) is 0. The number of rotatable bonds is 4. The van der Waals surface area contributed by atoms with Crippen molar-refractivity contribution in [2.45, 2.75) is 0 Å². The van der Waals surface area contributed by atoms with Gasteiger partial charge in [-0.05, 0) is 23.8 Å². The molecule has 5 aromatic rings. The SMILES string of the molecule is Brc1ccc(-c2cccnc2)c(-c2nc(-c3ccccc3)nc(-c3ccccc3)n2)c1. The van der Waals surface area contributed by atoms with Crippen LogP contribution in [0, 0.1) is 0 Å². The number of benzene rings is 3. The van der Waals surface area contributed by atoms with Crippen molar-refractivity contribution in [3.8, 4) is 45.3 Å². The highest BCUT2D eigenvalue weighted by molar-refractivity contribution is 9.10. The lowest BCUT2D eigenvalue weighted by Crippen LogP contribution is -2.01. The Balaban J connectivity index is 1.76. The molecule has 3 aromatic carbocycles. The van der Waals surface area contributed by atoms with E-state index in [9.17, 15) is 0 Å². The van der Waals surface area contributed by atoms with Crippen molar-refractivity contribution in [3.05, 3.63) is 108 Å². The highest BCUT2D eigenvalue weighted by Gasteiger charge is 2.16. The van der Waals surface area contributed by atoms with Gasteiger partial charge in [0.1, 0.15) is 0 Å². The molecule has 0 atom stereocenters. The summed E-state index contributed by atoms with van der Waals surface area (Å²) >= 11 is 3.61. The fraction of sp³-hybridized carbons (Fsp3) is 0. The molecular formula is C26H17BrN4. The molecule has 0 aliphatic heterocycles. The van der Waals surface area contributed by atoms with Gasteiger partial charge < -0.3 is 0 Å². The Morgan fingerprint density at radius 2 is 1.10 bits per heavy atom. The van der Waals surface area contributed by atoms with Crippen LogP contribution < -0.4 is 0 Å². The molecule has 0 aliphatic carbocycles. The summed E-state index contributed by atoms with van der Waals surface area (Å²) in [5.74, 6) is 1.90. The Morgan fingerprint density at radius 1 is 0.516 bits per heavy atom. The van der Waals surface area contributed by atoms with Gasteiger partial charge in [0.15, 0.2) is 17.5 Å². The molecule has 31 heavy (non-hydrogen) atoms. The van der Waals surface area contributed by atoms with Crippen LogP contribution in [0.2, 0.25) is 0 Å². The monoisotopic (exact) mass is 464 g/mol. The van der Waals surface area contributed by atoms with Gasteiger partial charge in [-0.25, -0.2) is 15.0 Å². The van der Waals surface area contributed by atoms with E-state index in [4.69, 9.17) is 15.0 Å². The van der Waals surface area contributed by atoms with E-state index in [1.165, 1.54) is 0 Å². The van der Waals surface area contributed by atoms with Gasteiger partial charge in [0, 0.05) is 39.1 Å². The van der Waals surface area contributed by atoms with Crippen molar-refractivity contribution in [2.24, 2.45) is 0 Å².